The predicted octanol–water partition coefficient (Wildman–Crippen LogP) is 5.09. The molecule has 10 nitrogen and oxygen atoms in total. The number of aldehydes is 1. The Bertz CT molecular complexity index is 1890. The van der Waals surface area contributed by atoms with Crippen LogP contribution in [-0.2, 0) is 16.1 Å². The second-order valence-corrected chi connectivity index (χ2v) is 8.81. The maximum absolute atomic E-state index is 11.8. The lowest BCUT2D eigenvalue weighted by Crippen LogP contribution is -2.06. The number of hydrogen-bond donors (Lipinski definition) is 3. The number of esters is 2. The second kappa shape index (κ2) is 11.3. The Morgan fingerprint density at radius 3 is 1.85 bits per heavy atom. The van der Waals surface area contributed by atoms with E-state index in [1.165, 1.54) is 0 Å². The molecule has 40 heavy (non-hydrogen) atoms. The van der Waals surface area contributed by atoms with Crippen LogP contribution < -0.4 is 0 Å². The van der Waals surface area contributed by atoms with Gasteiger partial charge < -0.3 is 24.5 Å². The molecule has 6 rings (SSSR count). The molecule has 202 valence electrons. The van der Waals surface area contributed by atoms with E-state index in [1.54, 1.807) is 50.5 Å². The van der Waals surface area contributed by atoms with Gasteiger partial charge in [-0.2, -0.15) is 0 Å². The van der Waals surface area contributed by atoms with E-state index in [0.29, 0.717) is 18.8 Å². The van der Waals surface area contributed by atoms with Gasteiger partial charge in [-0.15, -0.1) is 0 Å². The fourth-order valence-corrected chi connectivity index (χ4v) is 4.67. The summed E-state index contributed by atoms with van der Waals surface area (Å²) < 4.78 is 9.90. The topological polar surface area (TPSA) is 147 Å². The third-order valence-electron chi connectivity index (χ3n) is 6.40. The number of rotatable bonds is 6. The lowest BCUT2D eigenvalue weighted by Gasteiger charge is -2.02. The van der Waals surface area contributed by atoms with Crippen molar-refractivity contribution in [1.29, 1.82) is 0 Å². The van der Waals surface area contributed by atoms with Gasteiger partial charge in [0.25, 0.3) is 0 Å². The molecule has 0 unspecified atom stereocenters. The molecule has 4 heterocycles. The Kier molecular flexibility index (Phi) is 7.52. The number of carbonyl (C=O) groups is 3. The first kappa shape index (κ1) is 26.5. The summed E-state index contributed by atoms with van der Waals surface area (Å²) in [6.45, 7) is 4.06. The third kappa shape index (κ3) is 4.87. The molecular weight excluding hydrogens is 512 g/mol. The van der Waals surface area contributed by atoms with Crippen LogP contribution in [0.15, 0.2) is 60.9 Å². The molecule has 10 heteroatoms. The number of aliphatic hydroxyl groups is 1. The fraction of sp³-hybridized carbons (Fsp3) is 0.167. The minimum absolute atomic E-state index is 0.0542. The van der Waals surface area contributed by atoms with Crippen molar-refractivity contribution in [2.45, 2.75) is 20.5 Å². The van der Waals surface area contributed by atoms with Crippen molar-refractivity contribution in [3.63, 3.8) is 0 Å². The highest BCUT2D eigenvalue weighted by Crippen LogP contribution is 2.29. The highest BCUT2D eigenvalue weighted by molar-refractivity contribution is 6.14. The number of H-pyrrole nitrogens is 2. The number of ether oxygens (including phenoxy) is 2. The van der Waals surface area contributed by atoms with Crippen LogP contribution in [0.25, 0.3) is 43.6 Å². The molecule has 0 saturated carbocycles. The molecule has 0 spiro atoms. The van der Waals surface area contributed by atoms with Crippen LogP contribution >= 0.6 is 0 Å². The lowest BCUT2D eigenvalue weighted by molar-refractivity contribution is 0.0510. The van der Waals surface area contributed by atoms with Crippen LogP contribution in [0.4, 0.5) is 0 Å². The van der Waals surface area contributed by atoms with Gasteiger partial charge in [0.15, 0.2) is 6.29 Å². The van der Waals surface area contributed by atoms with Crippen LogP contribution in [0.5, 0.6) is 0 Å². The van der Waals surface area contributed by atoms with E-state index in [9.17, 15) is 19.5 Å². The number of benzene rings is 2. The van der Waals surface area contributed by atoms with Crippen molar-refractivity contribution in [3.8, 4) is 0 Å². The first-order chi connectivity index (χ1) is 19.5. The van der Waals surface area contributed by atoms with Gasteiger partial charge in [0.2, 0.25) is 0 Å². The quantitative estimate of drug-likeness (QED) is 0.196. The maximum atomic E-state index is 11.8. The molecule has 2 aromatic carbocycles. The Hall–Kier alpha value is -5.09. The van der Waals surface area contributed by atoms with Crippen molar-refractivity contribution in [2.24, 2.45) is 0 Å². The van der Waals surface area contributed by atoms with Gasteiger partial charge in [-0.05, 0) is 43.7 Å². The average molecular weight is 539 g/mol. The van der Waals surface area contributed by atoms with E-state index in [0.717, 1.165) is 55.5 Å². The normalized spacial score (nSPS) is 11.0. The summed E-state index contributed by atoms with van der Waals surface area (Å²) in [6.07, 6.45) is 4.00. The molecule has 0 radical (unpaired) electrons. The van der Waals surface area contributed by atoms with Gasteiger partial charge >= 0.3 is 11.9 Å². The number of fused-ring (bicyclic) bond motifs is 6. The van der Waals surface area contributed by atoms with Crippen molar-refractivity contribution < 1.29 is 29.0 Å². The Balaban J connectivity index is 0.000000161. The van der Waals surface area contributed by atoms with Crippen LogP contribution in [0.3, 0.4) is 0 Å². The zero-order valence-electron chi connectivity index (χ0n) is 21.9. The van der Waals surface area contributed by atoms with Gasteiger partial charge in [-0.3, -0.25) is 4.79 Å². The van der Waals surface area contributed by atoms with E-state index in [2.05, 4.69) is 19.9 Å². The molecule has 0 bridgehead atoms. The summed E-state index contributed by atoms with van der Waals surface area (Å²) in [7, 11) is 0. The fourth-order valence-electron chi connectivity index (χ4n) is 4.67. The number of aliphatic hydroxyl groups excluding tert-OH is 1. The third-order valence-corrected chi connectivity index (χ3v) is 6.40. The van der Waals surface area contributed by atoms with Gasteiger partial charge in [0, 0.05) is 38.1 Å². The Morgan fingerprint density at radius 2 is 1.32 bits per heavy atom. The average Bonchev–Trinajstić information content (AvgIpc) is 3.55. The number of hydrogen-bond acceptors (Lipinski definition) is 8. The largest absolute Gasteiger partial charge is 0.461 e. The van der Waals surface area contributed by atoms with Crippen molar-refractivity contribution in [2.75, 3.05) is 13.2 Å². The Morgan fingerprint density at radius 1 is 0.800 bits per heavy atom. The maximum Gasteiger partial charge on any atom is 0.356 e. The van der Waals surface area contributed by atoms with Gasteiger partial charge in [0.05, 0.1) is 43.2 Å². The molecule has 0 saturated heterocycles. The van der Waals surface area contributed by atoms with Crippen LogP contribution in [0.2, 0.25) is 0 Å². The number of pyridine rings is 2. The highest BCUT2D eigenvalue weighted by Gasteiger charge is 2.15. The number of aromatic nitrogens is 4. The molecule has 0 atom stereocenters. The summed E-state index contributed by atoms with van der Waals surface area (Å²) >= 11 is 0. The summed E-state index contributed by atoms with van der Waals surface area (Å²) in [5.41, 5.74) is 5.26. The summed E-state index contributed by atoms with van der Waals surface area (Å²) in [4.78, 5) is 49.2. The smallest absolute Gasteiger partial charge is 0.356 e. The van der Waals surface area contributed by atoms with Gasteiger partial charge in [-0.1, -0.05) is 24.3 Å². The van der Waals surface area contributed by atoms with Crippen LogP contribution in [0, 0.1) is 0 Å². The van der Waals surface area contributed by atoms with Crippen LogP contribution in [-0.4, -0.2) is 56.5 Å². The summed E-state index contributed by atoms with van der Waals surface area (Å²) in [5.74, 6) is -0.905. The predicted molar refractivity (Wildman–Crippen MR) is 150 cm³/mol. The molecule has 0 aliphatic carbocycles. The zero-order valence-corrected chi connectivity index (χ0v) is 21.9. The molecule has 4 aromatic heterocycles. The van der Waals surface area contributed by atoms with E-state index in [-0.39, 0.29) is 18.0 Å². The summed E-state index contributed by atoms with van der Waals surface area (Å²) in [5, 5.41) is 12.8. The van der Waals surface area contributed by atoms with Crippen molar-refractivity contribution in [1.82, 2.24) is 19.9 Å². The SMILES string of the molecule is CCOC(=O)c1cc2c(cn1)[nH]c1cccc(C=O)c12.CCOC(=O)c1cc2c(cn1)[nH]c1cccc(CO)c12. The second-order valence-electron chi connectivity index (χ2n) is 8.81. The molecule has 0 aliphatic heterocycles. The molecule has 0 fully saturated rings. The highest BCUT2D eigenvalue weighted by atomic mass is 16.5. The van der Waals surface area contributed by atoms with Gasteiger partial charge in [0.1, 0.15) is 11.4 Å². The molecule has 0 aliphatic rings. The van der Waals surface area contributed by atoms with Crippen molar-refractivity contribution in [3.05, 3.63) is 83.4 Å². The Labute approximate surface area is 228 Å². The number of nitrogens with zero attached hydrogens (tertiary/aromatic N) is 2. The molecule has 6 aromatic rings. The first-order valence-corrected chi connectivity index (χ1v) is 12.7. The number of carbonyl (C=O) groups excluding carboxylic acids is 3. The van der Waals surface area contributed by atoms with E-state index >= 15 is 0 Å². The molecule has 0 amide bonds. The van der Waals surface area contributed by atoms with Crippen LogP contribution in [0.1, 0.15) is 50.7 Å². The zero-order chi connectivity index (χ0) is 28.2. The van der Waals surface area contributed by atoms with Gasteiger partial charge in [-0.25, -0.2) is 19.6 Å². The summed E-state index contributed by atoms with van der Waals surface area (Å²) in [6, 6.07) is 14.5. The molecule has 3 N–H and O–H groups in total. The van der Waals surface area contributed by atoms with E-state index in [4.69, 9.17) is 9.47 Å². The number of aromatic amines is 2. The van der Waals surface area contributed by atoms with E-state index in [1.807, 2.05) is 24.3 Å². The standard InChI is InChI=1S/C15H14N2O3.C15H12N2O3/c2*1-2-20-15(19)12-6-10-13(7-16-12)17-11-5-3-4-9(8-18)14(10)11/h3-7,17-18H,2,8H2,1H3;3-8,17H,2H2,1H3. The number of nitrogens with one attached hydrogen (secondary N) is 2. The van der Waals surface area contributed by atoms with E-state index < -0.39 is 11.9 Å². The molecular formula is C30H26N4O6. The first-order valence-electron chi connectivity index (χ1n) is 12.7. The minimum Gasteiger partial charge on any atom is -0.461 e. The minimum atomic E-state index is -0.465. The lowest BCUT2D eigenvalue weighted by atomic mass is 10.1. The monoisotopic (exact) mass is 538 g/mol. The van der Waals surface area contributed by atoms with Crippen molar-refractivity contribution >= 4 is 61.8 Å².